The van der Waals surface area contributed by atoms with Crippen LogP contribution in [-0.2, 0) is 6.18 Å². The van der Waals surface area contributed by atoms with E-state index < -0.39 is 11.2 Å². The van der Waals surface area contributed by atoms with Crippen molar-refractivity contribution >= 4 is 16.5 Å². The average molecular weight is 223 g/mol. The standard InChI is InChI=1S/C7H8F3N3S/c8-7(9,10)5-12-13-6(14-5)11-4-2-1-3-4/h4H,1-3H2,(H,11,13). The summed E-state index contributed by atoms with van der Waals surface area (Å²) in [5.41, 5.74) is 0. The molecule has 1 heterocycles. The minimum atomic E-state index is -4.38. The number of aromatic nitrogens is 2. The molecule has 0 aliphatic heterocycles. The first-order chi connectivity index (χ1) is 6.55. The van der Waals surface area contributed by atoms with Gasteiger partial charge in [0.25, 0.3) is 0 Å². The maximum absolute atomic E-state index is 12.1. The van der Waals surface area contributed by atoms with Gasteiger partial charge < -0.3 is 5.32 Å². The van der Waals surface area contributed by atoms with Gasteiger partial charge in [-0.05, 0) is 19.3 Å². The van der Waals surface area contributed by atoms with E-state index in [1.54, 1.807) is 0 Å². The van der Waals surface area contributed by atoms with Crippen LogP contribution in [0.5, 0.6) is 0 Å². The fourth-order valence-corrected chi connectivity index (χ4v) is 1.81. The van der Waals surface area contributed by atoms with Crippen LogP contribution in [0, 0.1) is 0 Å². The van der Waals surface area contributed by atoms with Crippen molar-refractivity contribution in [2.75, 3.05) is 5.32 Å². The van der Waals surface area contributed by atoms with Crippen molar-refractivity contribution in [3.05, 3.63) is 5.01 Å². The van der Waals surface area contributed by atoms with Gasteiger partial charge in [-0.15, -0.1) is 10.2 Å². The Morgan fingerprint density at radius 3 is 2.43 bits per heavy atom. The van der Waals surface area contributed by atoms with Gasteiger partial charge in [-0.2, -0.15) is 13.2 Å². The summed E-state index contributed by atoms with van der Waals surface area (Å²) >= 11 is 0.559. The van der Waals surface area contributed by atoms with Crippen molar-refractivity contribution in [3.63, 3.8) is 0 Å². The van der Waals surface area contributed by atoms with E-state index in [4.69, 9.17) is 0 Å². The van der Waals surface area contributed by atoms with E-state index in [1.807, 2.05) is 0 Å². The molecule has 0 radical (unpaired) electrons. The van der Waals surface area contributed by atoms with Gasteiger partial charge in [-0.25, -0.2) is 0 Å². The molecule has 0 aromatic carbocycles. The topological polar surface area (TPSA) is 37.8 Å². The Balaban J connectivity index is 2.02. The van der Waals surface area contributed by atoms with E-state index in [0.29, 0.717) is 11.3 Å². The molecule has 1 aromatic rings. The van der Waals surface area contributed by atoms with Gasteiger partial charge in [0, 0.05) is 6.04 Å². The minimum Gasteiger partial charge on any atom is -0.357 e. The van der Waals surface area contributed by atoms with Crippen LogP contribution in [0.15, 0.2) is 0 Å². The van der Waals surface area contributed by atoms with Gasteiger partial charge in [0.15, 0.2) is 0 Å². The number of hydrogen-bond donors (Lipinski definition) is 1. The molecule has 0 bridgehead atoms. The van der Waals surface area contributed by atoms with E-state index in [1.165, 1.54) is 0 Å². The van der Waals surface area contributed by atoms with Gasteiger partial charge >= 0.3 is 6.18 Å². The summed E-state index contributed by atoms with van der Waals surface area (Å²) < 4.78 is 36.3. The van der Waals surface area contributed by atoms with E-state index in [0.717, 1.165) is 19.3 Å². The highest BCUT2D eigenvalue weighted by molar-refractivity contribution is 7.15. The average Bonchev–Trinajstić information content (AvgIpc) is 2.43. The summed E-state index contributed by atoms with van der Waals surface area (Å²) in [7, 11) is 0. The number of rotatable bonds is 2. The Morgan fingerprint density at radius 1 is 1.29 bits per heavy atom. The predicted octanol–water partition coefficient (Wildman–Crippen LogP) is 2.52. The Hall–Kier alpha value is -0.850. The summed E-state index contributed by atoms with van der Waals surface area (Å²) in [5, 5.41) is 8.81. The summed E-state index contributed by atoms with van der Waals surface area (Å²) in [6.07, 6.45) is -1.25. The third-order valence-electron chi connectivity index (χ3n) is 2.10. The number of alkyl halides is 3. The Labute approximate surface area is 82.3 Å². The van der Waals surface area contributed by atoms with Crippen molar-refractivity contribution in [1.82, 2.24) is 10.2 Å². The maximum Gasteiger partial charge on any atom is 0.445 e. The zero-order valence-electron chi connectivity index (χ0n) is 7.14. The molecule has 1 N–H and O–H groups in total. The first kappa shape index (κ1) is 9.70. The molecule has 0 atom stereocenters. The monoisotopic (exact) mass is 223 g/mol. The van der Waals surface area contributed by atoms with E-state index >= 15 is 0 Å². The molecule has 2 rings (SSSR count). The van der Waals surface area contributed by atoms with Crippen molar-refractivity contribution in [2.45, 2.75) is 31.5 Å². The largest absolute Gasteiger partial charge is 0.445 e. The van der Waals surface area contributed by atoms with Crippen LogP contribution in [0.25, 0.3) is 0 Å². The van der Waals surface area contributed by atoms with Crippen LogP contribution < -0.4 is 5.32 Å². The van der Waals surface area contributed by atoms with E-state index in [9.17, 15) is 13.2 Å². The number of hydrogen-bond acceptors (Lipinski definition) is 4. The van der Waals surface area contributed by atoms with Crippen LogP contribution in [0.4, 0.5) is 18.3 Å². The van der Waals surface area contributed by atoms with Crippen molar-refractivity contribution in [2.24, 2.45) is 0 Å². The Morgan fingerprint density at radius 2 is 2.00 bits per heavy atom. The highest BCUT2D eigenvalue weighted by atomic mass is 32.1. The quantitative estimate of drug-likeness (QED) is 0.837. The molecule has 1 aliphatic rings. The lowest BCUT2D eigenvalue weighted by molar-refractivity contribution is -0.138. The molecule has 78 valence electrons. The molecule has 0 saturated heterocycles. The Kier molecular flexibility index (Phi) is 2.34. The van der Waals surface area contributed by atoms with Crippen LogP contribution in [0.1, 0.15) is 24.3 Å². The van der Waals surface area contributed by atoms with Crippen LogP contribution in [-0.4, -0.2) is 16.2 Å². The fourth-order valence-electron chi connectivity index (χ4n) is 1.12. The number of anilines is 1. The lowest BCUT2D eigenvalue weighted by Gasteiger charge is -2.25. The smallest absolute Gasteiger partial charge is 0.357 e. The highest BCUT2D eigenvalue weighted by Gasteiger charge is 2.35. The summed E-state index contributed by atoms with van der Waals surface area (Å²) in [5.74, 6) is 0. The second-order valence-corrected chi connectivity index (χ2v) is 4.16. The van der Waals surface area contributed by atoms with Crippen LogP contribution in [0.3, 0.4) is 0 Å². The van der Waals surface area contributed by atoms with Gasteiger partial charge in [-0.1, -0.05) is 11.3 Å². The van der Waals surface area contributed by atoms with Gasteiger partial charge in [0.05, 0.1) is 0 Å². The van der Waals surface area contributed by atoms with Gasteiger partial charge in [0.1, 0.15) is 0 Å². The molecule has 14 heavy (non-hydrogen) atoms. The summed E-state index contributed by atoms with van der Waals surface area (Å²) in [6, 6.07) is 0.282. The predicted molar refractivity (Wildman–Crippen MR) is 46.2 cm³/mol. The Bertz CT molecular complexity index is 318. The number of nitrogens with one attached hydrogen (secondary N) is 1. The van der Waals surface area contributed by atoms with Gasteiger partial charge in [0.2, 0.25) is 10.1 Å². The molecule has 0 spiro atoms. The molecular formula is C7H8F3N3S. The SMILES string of the molecule is FC(F)(F)c1nnc(NC2CCC2)s1. The van der Waals surface area contributed by atoms with E-state index in [2.05, 4.69) is 15.5 Å². The van der Waals surface area contributed by atoms with Crippen LogP contribution in [0.2, 0.25) is 0 Å². The lowest BCUT2D eigenvalue weighted by Crippen LogP contribution is -2.26. The molecular weight excluding hydrogens is 215 g/mol. The highest BCUT2D eigenvalue weighted by Crippen LogP contribution is 2.34. The first-order valence-corrected chi connectivity index (χ1v) is 5.04. The third kappa shape index (κ3) is 1.97. The lowest BCUT2D eigenvalue weighted by atomic mass is 9.93. The fraction of sp³-hybridized carbons (Fsp3) is 0.714. The molecule has 1 aliphatic carbocycles. The molecule has 3 nitrogen and oxygen atoms in total. The first-order valence-electron chi connectivity index (χ1n) is 4.23. The molecule has 1 saturated carbocycles. The third-order valence-corrected chi connectivity index (χ3v) is 3.00. The zero-order chi connectivity index (χ0) is 10.2. The van der Waals surface area contributed by atoms with Crippen LogP contribution >= 0.6 is 11.3 Å². The second kappa shape index (κ2) is 3.38. The van der Waals surface area contributed by atoms with Crippen molar-refractivity contribution in [3.8, 4) is 0 Å². The molecule has 7 heteroatoms. The molecule has 0 unspecified atom stereocenters. The second-order valence-electron chi connectivity index (χ2n) is 3.18. The van der Waals surface area contributed by atoms with Crippen molar-refractivity contribution in [1.29, 1.82) is 0 Å². The summed E-state index contributed by atoms with van der Waals surface area (Å²) in [6.45, 7) is 0. The van der Waals surface area contributed by atoms with Gasteiger partial charge in [-0.3, -0.25) is 0 Å². The van der Waals surface area contributed by atoms with E-state index in [-0.39, 0.29) is 11.2 Å². The maximum atomic E-state index is 12.1. The normalized spacial score (nSPS) is 17.9. The molecule has 1 fully saturated rings. The zero-order valence-corrected chi connectivity index (χ0v) is 7.95. The minimum absolute atomic E-state index is 0.266. The number of nitrogens with zero attached hydrogens (tertiary/aromatic N) is 2. The molecule has 1 aromatic heterocycles. The molecule has 0 amide bonds. The number of halogens is 3. The summed E-state index contributed by atoms with van der Waals surface area (Å²) in [4.78, 5) is 0. The van der Waals surface area contributed by atoms with Crippen molar-refractivity contribution < 1.29 is 13.2 Å².